The minimum Gasteiger partial charge on any atom is -0.507 e. The van der Waals surface area contributed by atoms with Crippen LogP contribution in [-0.2, 0) is 10.0 Å². The molecule has 0 spiro atoms. The standard InChI is InChI=1S/C15H16N4O6S/c1-9(12-5-3-10(25-2)7-15(12)20)17-18-13-6-4-11(26(16,23)24)8-14(13)19(21)22/h3-8,18,20H,1-2H3,(H2,16,23,24). The molecule has 0 atom stereocenters. The summed E-state index contributed by atoms with van der Waals surface area (Å²) in [6.07, 6.45) is 0. The maximum Gasteiger partial charge on any atom is 0.295 e. The summed E-state index contributed by atoms with van der Waals surface area (Å²) < 4.78 is 27.6. The maximum absolute atomic E-state index is 11.3. The number of hydrogen-bond donors (Lipinski definition) is 3. The van der Waals surface area contributed by atoms with Gasteiger partial charge in [0, 0.05) is 17.7 Å². The van der Waals surface area contributed by atoms with Crippen LogP contribution in [0.25, 0.3) is 0 Å². The summed E-state index contributed by atoms with van der Waals surface area (Å²) >= 11 is 0. The molecule has 26 heavy (non-hydrogen) atoms. The van der Waals surface area contributed by atoms with Gasteiger partial charge in [-0.25, -0.2) is 13.6 Å². The van der Waals surface area contributed by atoms with Gasteiger partial charge in [-0.05, 0) is 31.2 Å². The van der Waals surface area contributed by atoms with Gasteiger partial charge in [0.25, 0.3) is 5.69 Å². The molecule has 10 nitrogen and oxygen atoms in total. The Kier molecular flexibility index (Phi) is 5.43. The molecule has 0 aromatic heterocycles. The number of rotatable bonds is 6. The molecule has 0 heterocycles. The van der Waals surface area contributed by atoms with Crippen LogP contribution in [0.2, 0.25) is 0 Å². The zero-order valence-electron chi connectivity index (χ0n) is 13.8. The van der Waals surface area contributed by atoms with E-state index >= 15 is 0 Å². The smallest absolute Gasteiger partial charge is 0.295 e. The van der Waals surface area contributed by atoms with E-state index < -0.39 is 20.6 Å². The Hall–Kier alpha value is -3.18. The summed E-state index contributed by atoms with van der Waals surface area (Å²) in [6.45, 7) is 1.58. The van der Waals surface area contributed by atoms with Crippen molar-refractivity contribution in [3.05, 3.63) is 52.1 Å². The number of benzene rings is 2. The molecule has 0 fully saturated rings. The van der Waals surface area contributed by atoms with Crippen LogP contribution in [-0.4, -0.2) is 31.3 Å². The number of aromatic hydroxyl groups is 1. The van der Waals surface area contributed by atoms with Crippen molar-refractivity contribution in [1.29, 1.82) is 0 Å². The van der Waals surface area contributed by atoms with Gasteiger partial charge in [-0.1, -0.05) is 0 Å². The van der Waals surface area contributed by atoms with Crippen molar-refractivity contribution in [3.8, 4) is 11.5 Å². The van der Waals surface area contributed by atoms with Gasteiger partial charge >= 0.3 is 0 Å². The van der Waals surface area contributed by atoms with Gasteiger partial charge in [0.1, 0.15) is 17.2 Å². The Morgan fingerprint density at radius 3 is 2.54 bits per heavy atom. The number of nitrogens with one attached hydrogen (secondary N) is 1. The highest BCUT2D eigenvalue weighted by Crippen LogP contribution is 2.28. The van der Waals surface area contributed by atoms with E-state index in [9.17, 15) is 23.6 Å². The number of primary sulfonamides is 1. The van der Waals surface area contributed by atoms with Gasteiger partial charge in [-0.3, -0.25) is 15.5 Å². The Labute approximate surface area is 149 Å². The van der Waals surface area contributed by atoms with Crippen molar-refractivity contribution in [1.82, 2.24) is 0 Å². The molecule has 0 saturated carbocycles. The molecule has 0 aliphatic rings. The molecule has 0 aliphatic heterocycles. The van der Waals surface area contributed by atoms with E-state index in [1.807, 2.05) is 0 Å². The molecule has 4 N–H and O–H groups in total. The highest BCUT2D eigenvalue weighted by Gasteiger charge is 2.19. The molecule has 11 heteroatoms. The molecule has 0 amide bonds. The summed E-state index contributed by atoms with van der Waals surface area (Å²) in [7, 11) is -2.62. The fourth-order valence-electron chi connectivity index (χ4n) is 2.08. The van der Waals surface area contributed by atoms with Crippen LogP contribution < -0.4 is 15.3 Å². The SMILES string of the molecule is COc1ccc(C(C)=NNc2ccc(S(N)(=O)=O)cc2[N+](=O)[O-])c(O)c1. The van der Waals surface area contributed by atoms with Crippen LogP contribution in [0.4, 0.5) is 11.4 Å². The second-order valence-electron chi connectivity index (χ2n) is 5.17. The average molecular weight is 380 g/mol. The molecule has 138 valence electrons. The molecule has 2 aromatic carbocycles. The van der Waals surface area contributed by atoms with Gasteiger partial charge in [0.15, 0.2) is 0 Å². The largest absolute Gasteiger partial charge is 0.507 e. The Bertz CT molecular complexity index is 988. The quantitative estimate of drug-likeness (QED) is 0.391. The van der Waals surface area contributed by atoms with Gasteiger partial charge in [0.05, 0.1) is 22.6 Å². The first kappa shape index (κ1) is 19.1. The molecule has 0 unspecified atom stereocenters. The third-order valence-corrected chi connectivity index (χ3v) is 4.34. The third-order valence-electron chi connectivity index (χ3n) is 3.43. The van der Waals surface area contributed by atoms with Crippen molar-refractivity contribution in [2.75, 3.05) is 12.5 Å². The van der Waals surface area contributed by atoms with Crippen LogP contribution in [0.5, 0.6) is 11.5 Å². The monoisotopic (exact) mass is 380 g/mol. The van der Waals surface area contributed by atoms with E-state index in [1.165, 1.54) is 19.2 Å². The molecular weight excluding hydrogens is 364 g/mol. The summed E-state index contributed by atoms with van der Waals surface area (Å²) in [4.78, 5) is 10.0. The highest BCUT2D eigenvalue weighted by atomic mass is 32.2. The number of methoxy groups -OCH3 is 1. The normalized spacial score (nSPS) is 11.9. The van der Waals surface area contributed by atoms with Crippen molar-refractivity contribution >= 4 is 27.1 Å². The lowest BCUT2D eigenvalue weighted by Gasteiger charge is -2.08. The second kappa shape index (κ2) is 7.37. The summed E-state index contributed by atoms with van der Waals surface area (Å²) in [5.41, 5.74) is 2.69. The fourth-order valence-corrected chi connectivity index (χ4v) is 2.62. The van der Waals surface area contributed by atoms with Crippen LogP contribution >= 0.6 is 0 Å². The molecule has 0 aliphatic carbocycles. The van der Waals surface area contributed by atoms with Gasteiger partial charge in [-0.2, -0.15) is 5.10 Å². The number of nitrogens with zero attached hydrogens (tertiary/aromatic N) is 2. The number of hydrogen-bond acceptors (Lipinski definition) is 8. The van der Waals surface area contributed by atoms with E-state index in [1.54, 1.807) is 19.1 Å². The van der Waals surface area contributed by atoms with Gasteiger partial charge in [0.2, 0.25) is 10.0 Å². The molecule has 0 saturated heterocycles. The van der Waals surface area contributed by atoms with Crippen molar-refractivity contribution in [2.45, 2.75) is 11.8 Å². The van der Waals surface area contributed by atoms with Crippen molar-refractivity contribution in [3.63, 3.8) is 0 Å². The van der Waals surface area contributed by atoms with Crippen LogP contribution in [0, 0.1) is 10.1 Å². The number of anilines is 1. The van der Waals surface area contributed by atoms with Gasteiger partial charge < -0.3 is 9.84 Å². The minimum atomic E-state index is -4.08. The van der Waals surface area contributed by atoms with Crippen LogP contribution in [0.15, 0.2) is 46.4 Å². The number of ether oxygens (including phenoxy) is 1. The van der Waals surface area contributed by atoms with E-state index in [0.717, 1.165) is 12.1 Å². The molecule has 0 radical (unpaired) electrons. The predicted octanol–water partition coefficient (Wildman–Crippen LogP) is 1.79. The first-order valence-electron chi connectivity index (χ1n) is 7.12. The Morgan fingerprint density at radius 2 is 2.00 bits per heavy atom. The topological polar surface area (TPSA) is 157 Å². The zero-order chi connectivity index (χ0) is 19.5. The average Bonchev–Trinajstić information content (AvgIpc) is 2.58. The van der Waals surface area contributed by atoms with E-state index in [2.05, 4.69) is 10.5 Å². The second-order valence-corrected chi connectivity index (χ2v) is 6.73. The number of nitrogens with two attached hydrogens (primary N) is 1. The molecule has 2 rings (SSSR count). The molecule has 0 bridgehead atoms. The van der Waals surface area contributed by atoms with Crippen molar-refractivity contribution < 1.29 is 23.2 Å². The molecule has 2 aromatic rings. The number of nitro benzene ring substituents is 1. The Balaban J connectivity index is 2.36. The third kappa shape index (κ3) is 4.26. The zero-order valence-corrected chi connectivity index (χ0v) is 14.6. The van der Waals surface area contributed by atoms with E-state index in [4.69, 9.17) is 9.88 Å². The van der Waals surface area contributed by atoms with E-state index in [0.29, 0.717) is 17.0 Å². The summed E-state index contributed by atoms with van der Waals surface area (Å²) in [6, 6.07) is 7.75. The summed E-state index contributed by atoms with van der Waals surface area (Å²) in [5, 5.41) is 30.1. The summed E-state index contributed by atoms with van der Waals surface area (Å²) in [5.74, 6) is 0.382. The first-order valence-corrected chi connectivity index (χ1v) is 8.67. The van der Waals surface area contributed by atoms with Gasteiger partial charge in [-0.15, -0.1) is 0 Å². The number of nitro groups is 1. The van der Waals surface area contributed by atoms with Crippen LogP contribution in [0.3, 0.4) is 0 Å². The van der Waals surface area contributed by atoms with Crippen molar-refractivity contribution in [2.24, 2.45) is 10.2 Å². The number of phenols is 1. The maximum atomic E-state index is 11.3. The predicted molar refractivity (Wildman–Crippen MR) is 95.0 cm³/mol. The lowest BCUT2D eigenvalue weighted by molar-refractivity contribution is -0.384. The number of hydrazone groups is 1. The fraction of sp³-hybridized carbons (Fsp3) is 0.133. The lowest BCUT2D eigenvalue weighted by atomic mass is 10.1. The lowest BCUT2D eigenvalue weighted by Crippen LogP contribution is -2.12. The van der Waals surface area contributed by atoms with Crippen LogP contribution in [0.1, 0.15) is 12.5 Å². The number of phenolic OH excluding ortho intramolecular Hbond substituents is 1. The minimum absolute atomic E-state index is 0.0326. The van der Waals surface area contributed by atoms with E-state index in [-0.39, 0.29) is 16.3 Å². The first-order chi connectivity index (χ1) is 12.1. The number of sulfonamides is 1. The Morgan fingerprint density at radius 1 is 1.31 bits per heavy atom. The highest BCUT2D eigenvalue weighted by molar-refractivity contribution is 7.89. The molecular formula is C15H16N4O6S.